The molecule has 6 heteroatoms. The summed E-state index contributed by atoms with van der Waals surface area (Å²) in [6.45, 7) is 2.98. The minimum atomic E-state index is -4.33. The zero-order chi connectivity index (χ0) is 7.71. The first kappa shape index (κ1) is 9.59. The molecule has 9 heavy (non-hydrogen) atoms. The Labute approximate surface area is 61.6 Å². The molecular formula is C3H8BrO4P. The van der Waals surface area contributed by atoms with Crippen LogP contribution in [0.5, 0.6) is 0 Å². The van der Waals surface area contributed by atoms with Crippen LogP contribution in [0.2, 0.25) is 0 Å². The van der Waals surface area contributed by atoms with Crippen LogP contribution >= 0.6 is 23.8 Å². The lowest BCUT2D eigenvalue weighted by molar-refractivity contribution is 0.139. The Balaban J connectivity index is 3.90. The summed E-state index contributed by atoms with van der Waals surface area (Å²) in [5, 5.41) is 0. The molecule has 0 bridgehead atoms. The summed E-state index contributed by atoms with van der Waals surface area (Å²) in [5.74, 6) is 0. The summed E-state index contributed by atoms with van der Waals surface area (Å²) >= 11 is 2.90. The van der Waals surface area contributed by atoms with Crippen molar-refractivity contribution in [3.63, 3.8) is 0 Å². The number of rotatable bonds is 2. The first-order valence-electron chi connectivity index (χ1n) is 2.16. The third kappa shape index (κ3) is 8.59. The average molecular weight is 219 g/mol. The van der Waals surface area contributed by atoms with Gasteiger partial charge in [-0.25, -0.2) is 4.57 Å². The molecule has 0 atom stereocenters. The first-order valence-corrected chi connectivity index (χ1v) is 4.48. The van der Waals surface area contributed by atoms with Crippen LogP contribution in [0.3, 0.4) is 0 Å². The van der Waals surface area contributed by atoms with Gasteiger partial charge < -0.3 is 9.79 Å². The summed E-state index contributed by atoms with van der Waals surface area (Å²) in [7, 11) is -4.33. The van der Waals surface area contributed by atoms with Crippen molar-refractivity contribution in [1.29, 1.82) is 0 Å². The topological polar surface area (TPSA) is 66.8 Å². The number of phosphoric ester groups is 1. The monoisotopic (exact) mass is 218 g/mol. The van der Waals surface area contributed by atoms with E-state index in [1.807, 2.05) is 0 Å². The van der Waals surface area contributed by atoms with E-state index in [9.17, 15) is 4.57 Å². The fourth-order valence-electron chi connectivity index (χ4n) is 0.283. The Morgan fingerprint density at radius 2 is 1.89 bits per heavy atom. The second-order valence-electron chi connectivity index (χ2n) is 1.95. The molecule has 0 spiro atoms. The Kier molecular flexibility index (Phi) is 2.86. The van der Waals surface area contributed by atoms with Gasteiger partial charge in [-0.15, -0.1) is 0 Å². The highest BCUT2D eigenvalue weighted by atomic mass is 79.9. The number of phosphoric acid groups is 1. The molecule has 2 N–H and O–H groups in total. The van der Waals surface area contributed by atoms with Crippen LogP contribution in [0, 0.1) is 0 Å². The molecule has 0 aliphatic heterocycles. The zero-order valence-electron chi connectivity index (χ0n) is 5.04. The summed E-state index contributed by atoms with van der Waals surface area (Å²) in [5.41, 5.74) is 0. The van der Waals surface area contributed by atoms with E-state index < -0.39 is 12.3 Å². The predicted octanol–water partition coefficient (Wildman–Crippen LogP) is 1.23. The standard InChI is InChI=1S/C3H8BrO4P/c1-3(2,4)8-9(5,6)7/h1-2H3,(H2,5,6,7). The van der Waals surface area contributed by atoms with Gasteiger partial charge in [-0.05, 0) is 13.8 Å². The Morgan fingerprint density at radius 1 is 1.56 bits per heavy atom. The molecule has 0 aliphatic rings. The van der Waals surface area contributed by atoms with E-state index >= 15 is 0 Å². The molecule has 0 saturated carbocycles. The molecule has 0 aromatic rings. The molecular weight excluding hydrogens is 211 g/mol. The molecule has 0 radical (unpaired) electrons. The summed E-state index contributed by atoms with van der Waals surface area (Å²) in [4.78, 5) is 16.4. The van der Waals surface area contributed by atoms with E-state index in [0.717, 1.165) is 0 Å². The van der Waals surface area contributed by atoms with E-state index in [2.05, 4.69) is 20.5 Å². The van der Waals surface area contributed by atoms with Gasteiger partial charge in [-0.1, -0.05) is 15.9 Å². The lowest BCUT2D eigenvalue weighted by Crippen LogP contribution is -2.12. The molecule has 0 aliphatic carbocycles. The lowest BCUT2D eigenvalue weighted by Gasteiger charge is -2.16. The van der Waals surface area contributed by atoms with Gasteiger partial charge in [0.15, 0.2) is 0 Å². The number of halogens is 1. The van der Waals surface area contributed by atoms with Gasteiger partial charge in [-0.2, -0.15) is 0 Å². The zero-order valence-corrected chi connectivity index (χ0v) is 7.52. The van der Waals surface area contributed by atoms with Crippen molar-refractivity contribution in [2.75, 3.05) is 0 Å². The van der Waals surface area contributed by atoms with E-state index in [0.29, 0.717) is 0 Å². The van der Waals surface area contributed by atoms with Gasteiger partial charge in [0.05, 0.1) is 0 Å². The molecule has 0 amide bonds. The summed E-state index contributed by atoms with van der Waals surface area (Å²) < 4.78 is 13.3. The molecule has 0 aromatic heterocycles. The SMILES string of the molecule is CC(C)(Br)OP(=O)(O)O. The normalized spacial score (nSPS) is 13.9. The number of hydrogen-bond donors (Lipinski definition) is 2. The fraction of sp³-hybridized carbons (Fsp3) is 1.00. The molecule has 4 nitrogen and oxygen atoms in total. The van der Waals surface area contributed by atoms with E-state index in [1.165, 1.54) is 13.8 Å². The minimum Gasteiger partial charge on any atom is -0.303 e. The van der Waals surface area contributed by atoms with Crippen molar-refractivity contribution < 1.29 is 18.9 Å². The highest BCUT2D eigenvalue weighted by molar-refractivity contribution is 9.10. The van der Waals surface area contributed by atoms with Crippen LogP contribution in [0.1, 0.15) is 13.8 Å². The van der Waals surface area contributed by atoms with Crippen LogP contribution < -0.4 is 0 Å². The van der Waals surface area contributed by atoms with Gasteiger partial charge >= 0.3 is 7.82 Å². The highest BCUT2D eigenvalue weighted by Crippen LogP contribution is 2.43. The Morgan fingerprint density at radius 3 is 1.89 bits per heavy atom. The van der Waals surface area contributed by atoms with Gasteiger partial charge in [0.1, 0.15) is 4.51 Å². The van der Waals surface area contributed by atoms with Crippen molar-refractivity contribution in [2.45, 2.75) is 18.4 Å². The maximum absolute atomic E-state index is 10.1. The highest BCUT2D eigenvalue weighted by Gasteiger charge is 2.25. The summed E-state index contributed by atoms with van der Waals surface area (Å²) in [6, 6.07) is 0. The number of hydrogen-bond acceptors (Lipinski definition) is 2. The lowest BCUT2D eigenvalue weighted by atomic mass is 10.5. The third-order valence-corrected chi connectivity index (χ3v) is 1.44. The van der Waals surface area contributed by atoms with Gasteiger partial charge in [0.25, 0.3) is 0 Å². The van der Waals surface area contributed by atoms with Crippen molar-refractivity contribution in [2.24, 2.45) is 0 Å². The van der Waals surface area contributed by atoms with Crippen molar-refractivity contribution >= 4 is 23.8 Å². The quantitative estimate of drug-likeness (QED) is 0.541. The fourth-order valence-corrected chi connectivity index (χ4v) is 1.41. The maximum atomic E-state index is 10.1. The average Bonchev–Trinajstić information content (AvgIpc) is 1.14. The van der Waals surface area contributed by atoms with Crippen molar-refractivity contribution in [3.8, 4) is 0 Å². The number of alkyl halides is 1. The van der Waals surface area contributed by atoms with Crippen LogP contribution in [-0.2, 0) is 9.09 Å². The molecule has 0 aromatic carbocycles. The molecule has 0 fully saturated rings. The second-order valence-corrected chi connectivity index (χ2v) is 5.02. The van der Waals surface area contributed by atoms with Crippen LogP contribution in [-0.4, -0.2) is 14.3 Å². The minimum absolute atomic E-state index is 0.966. The van der Waals surface area contributed by atoms with Gasteiger partial charge in [0, 0.05) is 0 Å². The largest absolute Gasteiger partial charge is 0.470 e. The molecule has 0 heterocycles. The van der Waals surface area contributed by atoms with Gasteiger partial charge in [-0.3, -0.25) is 4.52 Å². The molecule has 0 unspecified atom stereocenters. The predicted molar refractivity (Wildman–Crippen MR) is 36.1 cm³/mol. The van der Waals surface area contributed by atoms with E-state index in [1.54, 1.807) is 0 Å². The van der Waals surface area contributed by atoms with Gasteiger partial charge in [0.2, 0.25) is 0 Å². The Bertz CT molecular complexity index is 133. The Hall–Kier alpha value is 0.590. The molecule has 0 rings (SSSR count). The summed E-state index contributed by atoms with van der Waals surface area (Å²) in [6.07, 6.45) is 0. The third-order valence-electron chi connectivity index (χ3n) is 0.336. The second kappa shape index (κ2) is 2.68. The van der Waals surface area contributed by atoms with Crippen LogP contribution in [0.15, 0.2) is 0 Å². The smallest absolute Gasteiger partial charge is 0.303 e. The first-order chi connectivity index (χ1) is 3.71. The van der Waals surface area contributed by atoms with Crippen LogP contribution in [0.25, 0.3) is 0 Å². The molecule has 56 valence electrons. The van der Waals surface area contributed by atoms with Crippen LogP contribution in [0.4, 0.5) is 0 Å². The van der Waals surface area contributed by atoms with Crippen molar-refractivity contribution in [3.05, 3.63) is 0 Å². The van der Waals surface area contributed by atoms with Crippen molar-refractivity contribution in [1.82, 2.24) is 0 Å². The van der Waals surface area contributed by atoms with E-state index in [-0.39, 0.29) is 0 Å². The maximum Gasteiger partial charge on any atom is 0.470 e. The molecule has 0 saturated heterocycles. The van der Waals surface area contributed by atoms with E-state index in [4.69, 9.17) is 9.79 Å².